The molecule has 2 N–H and O–H groups in total. The largest absolute Gasteiger partial charge is 0.321 e. The van der Waals surface area contributed by atoms with Crippen molar-refractivity contribution >= 4 is 23.4 Å². The van der Waals surface area contributed by atoms with E-state index in [1.165, 1.54) is 0 Å². The van der Waals surface area contributed by atoms with E-state index < -0.39 is 0 Å². The summed E-state index contributed by atoms with van der Waals surface area (Å²) >= 11 is 0. The average molecular weight is 348 g/mol. The van der Waals surface area contributed by atoms with Gasteiger partial charge in [-0.3, -0.25) is 9.48 Å². The molecule has 0 spiro atoms. The first-order valence-corrected chi connectivity index (χ1v) is 7.77. The summed E-state index contributed by atoms with van der Waals surface area (Å²) in [6, 6.07) is 5.45. The Kier molecular flexibility index (Phi) is 4.85. The molecule has 1 amide bonds. The molecule has 0 aromatic carbocycles. The highest BCUT2D eigenvalue weighted by atomic mass is 16.1. The van der Waals surface area contributed by atoms with Crippen molar-refractivity contribution in [3.63, 3.8) is 0 Å². The lowest BCUT2D eigenvalue weighted by Gasteiger charge is -2.09. The van der Waals surface area contributed by atoms with Gasteiger partial charge >= 0.3 is 0 Å². The zero-order chi connectivity index (χ0) is 18.5. The van der Waals surface area contributed by atoms with E-state index in [9.17, 15) is 4.79 Å². The van der Waals surface area contributed by atoms with Gasteiger partial charge in [-0.1, -0.05) is 0 Å². The molecule has 3 aromatic heterocycles. The molecule has 9 heteroatoms. The van der Waals surface area contributed by atoms with E-state index in [1.54, 1.807) is 35.4 Å². The van der Waals surface area contributed by atoms with Crippen molar-refractivity contribution in [1.82, 2.24) is 24.7 Å². The number of nitrogens with zero attached hydrogens (tertiary/aromatic N) is 6. The third kappa shape index (κ3) is 3.99. The van der Waals surface area contributed by atoms with Crippen LogP contribution in [-0.2, 0) is 11.8 Å². The van der Waals surface area contributed by atoms with Crippen LogP contribution in [0.4, 0.5) is 17.5 Å². The van der Waals surface area contributed by atoms with Gasteiger partial charge in [-0.25, -0.2) is 15.0 Å². The Morgan fingerprint density at radius 3 is 2.88 bits per heavy atom. The number of aryl methyl sites for hydroxylation is 2. The van der Waals surface area contributed by atoms with Gasteiger partial charge in [0.1, 0.15) is 12.2 Å². The molecule has 26 heavy (non-hydrogen) atoms. The molecule has 3 heterocycles. The molecule has 0 bridgehead atoms. The maximum atomic E-state index is 11.5. The second-order valence-electron chi connectivity index (χ2n) is 5.57. The Balaban J connectivity index is 1.80. The van der Waals surface area contributed by atoms with Crippen molar-refractivity contribution < 1.29 is 4.79 Å². The number of carbonyl (C=O) groups excluding carboxylic acids is 1. The minimum atomic E-state index is -0.388. The predicted molar refractivity (Wildman–Crippen MR) is 95.4 cm³/mol. The lowest BCUT2D eigenvalue weighted by molar-refractivity contribution is -0.115. The summed E-state index contributed by atoms with van der Waals surface area (Å²) in [5.41, 5.74) is 3.04. The van der Waals surface area contributed by atoms with Crippen LogP contribution in [0.15, 0.2) is 36.9 Å². The third-order valence-corrected chi connectivity index (χ3v) is 3.49. The van der Waals surface area contributed by atoms with E-state index in [1.807, 2.05) is 26.2 Å². The number of nitrogens with one attached hydrogen (secondary N) is 2. The Labute approximate surface area is 149 Å². The van der Waals surface area contributed by atoms with Gasteiger partial charge in [0.25, 0.3) is 0 Å². The highest BCUT2D eigenvalue weighted by Crippen LogP contribution is 2.22. The van der Waals surface area contributed by atoms with Gasteiger partial charge in [0.15, 0.2) is 0 Å². The summed E-state index contributed by atoms with van der Waals surface area (Å²) in [5, 5.41) is 18.3. The summed E-state index contributed by atoms with van der Waals surface area (Å²) in [7, 11) is 1.83. The molecule has 0 aliphatic rings. The Hall–Kier alpha value is -3.80. The molecule has 0 aliphatic heterocycles. The van der Waals surface area contributed by atoms with E-state index in [0.717, 1.165) is 16.8 Å². The summed E-state index contributed by atoms with van der Waals surface area (Å²) in [6.45, 7) is 1.83. The monoisotopic (exact) mass is 348 g/mol. The van der Waals surface area contributed by atoms with Crippen LogP contribution in [0.25, 0.3) is 11.3 Å². The van der Waals surface area contributed by atoms with Crippen molar-refractivity contribution in [1.29, 1.82) is 5.26 Å². The summed E-state index contributed by atoms with van der Waals surface area (Å²) in [5.74, 6) is 0.483. The first-order chi connectivity index (χ1) is 12.5. The number of anilines is 3. The fraction of sp³-hybridized carbons (Fsp3) is 0.176. The molecule has 0 fully saturated rings. The number of rotatable bonds is 5. The second-order valence-corrected chi connectivity index (χ2v) is 5.57. The van der Waals surface area contributed by atoms with Crippen molar-refractivity contribution in [2.45, 2.75) is 13.3 Å². The van der Waals surface area contributed by atoms with Crippen LogP contribution >= 0.6 is 0 Å². The minimum Gasteiger partial charge on any atom is -0.321 e. The molecule has 0 atom stereocenters. The highest BCUT2D eigenvalue weighted by Gasteiger charge is 2.09. The zero-order valence-corrected chi connectivity index (χ0v) is 14.3. The lowest BCUT2D eigenvalue weighted by Crippen LogP contribution is -2.12. The molecule has 0 radical (unpaired) electrons. The van der Waals surface area contributed by atoms with Gasteiger partial charge in [0.05, 0.1) is 23.6 Å². The van der Waals surface area contributed by atoms with E-state index in [-0.39, 0.29) is 12.3 Å². The molecule has 0 saturated carbocycles. The van der Waals surface area contributed by atoms with Crippen molar-refractivity contribution in [3.8, 4) is 17.3 Å². The highest BCUT2D eigenvalue weighted by molar-refractivity contribution is 5.91. The average Bonchev–Trinajstić information content (AvgIpc) is 3.02. The van der Waals surface area contributed by atoms with E-state index in [2.05, 4.69) is 30.7 Å². The normalized spacial score (nSPS) is 10.2. The molecule has 0 unspecified atom stereocenters. The molecular weight excluding hydrogens is 332 g/mol. The topological polar surface area (TPSA) is 121 Å². The number of amides is 1. The Bertz CT molecular complexity index is 988. The van der Waals surface area contributed by atoms with Gasteiger partial charge in [-0.05, 0) is 24.6 Å². The molecular formula is C17H16N8O. The first-order valence-electron chi connectivity index (χ1n) is 7.77. The van der Waals surface area contributed by atoms with E-state index in [4.69, 9.17) is 5.26 Å². The van der Waals surface area contributed by atoms with Crippen LogP contribution in [0.2, 0.25) is 0 Å². The molecule has 3 rings (SSSR count). The van der Waals surface area contributed by atoms with Crippen LogP contribution in [0.1, 0.15) is 12.0 Å². The molecule has 130 valence electrons. The standard InChI is InChI=1S/C17H16N8O/c1-11-7-12(8-20-16(11)24-15(26)3-5-18)14-4-6-19-17(23-14)22-13-9-21-25(2)10-13/h4,6-10H,3H2,1-2H3,(H,19,22,23)(H,20,24,26). The Morgan fingerprint density at radius 1 is 1.35 bits per heavy atom. The first kappa shape index (κ1) is 17.0. The predicted octanol–water partition coefficient (Wildman–Crippen LogP) is 2.18. The minimum absolute atomic E-state index is 0.210. The van der Waals surface area contributed by atoms with Crippen LogP contribution in [0.3, 0.4) is 0 Å². The van der Waals surface area contributed by atoms with Gasteiger partial charge in [-0.2, -0.15) is 10.4 Å². The van der Waals surface area contributed by atoms with E-state index in [0.29, 0.717) is 17.5 Å². The molecule has 3 aromatic rings. The number of hydrogen-bond acceptors (Lipinski definition) is 7. The van der Waals surface area contributed by atoms with Crippen LogP contribution < -0.4 is 10.6 Å². The zero-order valence-electron chi connectivity index (χ0n) is 14.3. The third-order valence-electron chi connectivity index (χ3n) is 3.49. The fourth-order valence-corrected chi connectivity index (χ4v) is 2.29. The van der Waals surface area contributed by atoms with Gasteiger partial charge < -0.3 is 10.6 Å². The maximum absolute atomic E-state index is 11.5. The molecule has 0 saturated heterocycles. The number of nitriles is 1. The molecule has 0 aliphatic carbocycles. The summed E-state index contributed by atoms with van der Waals surface area (Å²) in [6.07, 6.45) is 6.56. The van der Waals surface area contributed by atoms with Crippen LogP contribution in [0, 0.1) is 18.3 Å². The van der Waals surface area contributed by atoms with Crippen molar-refractivity contribution in [2.24, 2.45) is 7.05 Å². The van der Waals surface area contributed by atoms with E-state index >= 15 is 0 Å². The smallest absolute Gasteiger partial charge is 0.239 e. The van der Waals surface area contributed by atoms with Crippen molar-refractivity contribution in [2.75, 3.05) is 10.6 Å². The van der Waals surface area contributed by atoms with Crippen LogP contribution in [-0.4, -0.2) is 30.6 Å². The number of pyridine rings is 1. The number of hydrogen-bond donors (Lipinski definition) is 2. The lowest BCUT2D eigenvalue weighted by atomic mass is 10.1. The van der Waals surface area contributed by atoms with Gasteiger partial charge in [0.2, 0.25) is 11.9 Å². The van der Waals surface area contributed by atoms with Gasteiger partial charge in [-0.15, -0.1) is 0 Å². The number of carbonyl (C=O) groups is 1. The SMILES string of the molecule is Cc1cc(-c2ccnc(Nc3cnn(C)c3)n2)cnc1NC(=O)CC#N. The number of aromatic nitrogens is 5. The summed E-state index contributed by atoms with van der Waals surface area (Å²) < 4.78 is 1.68. The van der Waals surface area contributed by atoms with Gasteiger partial charge in [0, 0.05) is 31.2 Å². The van der Waals surface area contributed by atoms with Crippen LogP contribution in [0.5, 0.6) is 0 Å². The Morgan fingerprint density at radius 2 is 2.19 bits per heavy atom. The molecule has 9 nitrogen and oxygen atoms in total. The second kappa shape index (κ2) is 7.40. The maximum Gasteiger partial charge on any atom is 0.239 e. The van der Waals surface area contributed by atoms with Crippen molar-refractivity contribution in [3.05, 3.63) is 42.5 Å². The quantitative estimate of drug-likeness (QED) is 0.724. The fourth-order valence-electron chi connectivity index (χ4n) is 2.29. The summed E-state index contributed by atoms with van der Waals surface area (Å²) in [4.78, 5) is 24.5.